The first-order chi connectivity index (χ1) is 9.65. The molecule has 2 aromatic rings. The third-order valence-electron chi connectivity index (χ3n) is 2.99. The van der Waals surface area contributed by atoms with E-state index >= 15 is 0 Å². The van der Waals surface area contributed by atoms with Gasteiger partial charge < -0.3 is 14.5 Å². The number of rotatable bonds is 4. The lowest BCUT2D eigenvalue weighted by Crippen LogP contribution is -2.12. The Bertz CT molecular complexity index is 676. The van der Waals surface area contributed by atoms with Gasteiger partial charge in [-0.1, -0.05) is 12.1 Å². The van der Waals surface area contributed by atoms with Crippen LogP contribution in [0.1, 0.15) is 21.5 Å². The first-order valence-corrected chi connectivity index (χ1v) is 6.07. The fourth-order valence-electron chi connectivity index (χ4n) is 1.94. The van der Waals surface area contributed by atoms with Crippen LogP contribution in [0, 0.1) is 0 Å². The van der Waals surface area contributed by atoms with E-state index in [0.29, 0.717) is 23.3 Å². The first-order valence-electron chi connectivity index (χ1n) is 6.07. The lowest BCUT2D eigenvalue weighted by Gasteiger charge is -2.09. The zero-order chi connectivity index (χ0) is 14.5. The van der Waals surface area contributed by atoms with Crippen LogP contribution in [-0.4, -0.2) is 25.2 Å². The number of esters is 1. The molecule has 0 radical (unpaired) electrons. The maximum absolute atomic E-state index is 11.7. The van der Waals surface area contributed by atoms with Crippen molar-refractivity contribution in [3.05, 3.63) is 63.6 Å². The molecule has 0 amide bonds. The minimum atomic E-state index is -0.424. The summed E-state index contributed by atoms with van der Waals surface area (Å²) in [5.74, 6) is 0.128. The third kappa shape index (κ3) is 2.88. The number of pyridine rings is 1. The molecule has 0 aliphatic rings. The second-order valence-corrected chi connectivity index (χ2v) is 4.22. The summed E-state index contributed by atoms with van der Waals surface area (Å²) in [5.41, 5.74) is 1.75. The smallest absolute Gasteiger partial charge is 0.337 e. The Kier molecular flexibility index (Phi) is 4.20. The Morgan fingerprint density at radius 2 is 2.00 bits per heavy atom. The number of nitrogens with one attached hydrogen (secondary N) is 1. The molecule has 0 aliphatic heterocycles. The summed E-state index contributed by atoms with van der Waals surface area (Å²) in [6.07, 6.45) is 2.02. The molecule has 0 bridgehead atoms. The van der Waals surface area contributed by atoms with Gasteiger partial charge in [0.05, 0.1) is 19.8 Å². The molecule has 0 aliphatic carbocycles. The van der Waals surface area contributed by atoms with Crippen LogP contribution in [-0.2, 0) is 11.2 Å². The van der Waals surface area contributed by atoms with Crippen LogP contribution in [0.25, 0.3) is 0 Å². The van der Waals surface area contributed by atoms with E-state index in [2.05, 4.69) is 9.72 Å². The quantitative estimate of drug-likeness (QED) is 0.862. The van der Waals surface area contributed by atoms with Gasteiger partial charge in [0.2, 0.25) is 0 Å². The van der Waals surface area contributed by atoms with Crippen LogP contribution in [0.15, 0.2) is 41.3 Å². The lowest BCUT2D eigenvalue weighted by molar-refractivity contribution is 0.0600. The second kappa shape index (κ2) is 6.06. The normalized spacial score (nSPS) is 10.1. The summed E-state index contributed by atoms with van der Waals surface area (Å²) in [6.45, 7) is 0. The SMILES string of the molecule is COC(=O)c1ccc(Cc2ccc[nH]c2=O)c(OC)c1. The summed E-state index contributed by atoms with van der Waals surface area (Å²) in [7, 11) is 2.85. The Hall–Kier alpha value is -2.56. The highest BCUT2D eigenvalue weighted by Crippen LogP contribution is 2.22. The molecule has 2 rings (SSSR count). The average molecular weight is 273 g/mol. The van der Waals surface area contributed by atoms with E-state index in [-0.39, 0.29) is 5.56 Å². The lowest BCUT2D eigenvalue weighted by atomic mass is 10.0. The van der Waals surface area contributed by atoms with Gasteiger partial charge in [0.1, 0.15) is 5.75 Å². The standard InChI is InChI=1S/C15H15NO4/c1-19-13-9-12(15(18)20-2)6-5-10(13)8-11-4-3-7-16-14(11)17/h3-7,9H,8H2,1-2H3,(H,16,17). The molecule has 0 spiro atoms. The van der Waals surface area contributed by atoms with Crippen molar-refractivity contribution < 1.29 is 14.3 Å². The number of methoxy groups -OCH3 is 2. The van der Waals surface area contributed by atoms with E-state index in [4.69, 9.17) is 4.74 Å². The maximum atomic E-state index is 11.7. The molecular formula is C15H15NO4. The highest BCUT2D eigenvalue weighted by molar-refractivity contribution is 5.89. The molecule has 0 unspecified atom stereocenters. The molecule has 5 nitrogen and oxygen atoms in total. The molecule has 5 heteroatoms. The van der Waals surface area contributed by atoms with Gasteiger partial charge in [0, 0.05) is 18.2 Å². The average Bonchev–Trinajstić information content (AvgIpc) is 2.49. The van der Waals surface area contributed by atoms with Crippen molar-refractivity contribution in [1.82, 2.24) is 4.98 Å². The highest BCUT2D eigenvalue weighted by Gasteiger charge is 2.11. The van der Waals surface area contributed by atoms with Crippen LogP contribution in [0.5, 0.6) is 5.75 Å². The van der Waals surface area contributed by atoms with Crippen LogP contribution in [0.3, 0.4) is 0 Å². The molecule has 20 heavy (non-hydrogen) atoms. The number of ether oxygens (including phenoxy) is 2. The summed E-state index contributed by atoms with van der Waals surface area (Å²) >= 11 is 0. The van der Waals surface area contributed by atoms with Crippen molar-refractivity contribution in [2.45, 2.75) is 6.42 Å². The Balaban J connectivity index is 2.35. The first kappa shape index (κ1) is 13.9. The number of H-pyrrole nitrogens is 1. The van der Waals surface area contributed by atoms with Crippen LogP contribution in [0.2, 0.25) is 0 Å². The minimum absolute atomic E-state index is 0.133. The van der Waals surface area contributed by atoms with E-state index in [1.165, 1.54) is 14.2 Å². The topological polar surface area (TPSA) is 68.4 Å². The summed E-state index contributed by atoms with van der Waals surface area (Å²) in [6, 6.07) is 8.55. The van der Waals surface area contributed by atoms with Crippen LogP contribution < -0.4 is 10.3 Å². The molecule has 1 heterocycles. The molecule has 0 saturated carbocycles. The summed E-state index contributed by atoms with van der Waals surface area (Å²) in [4.78, 5) is 25.8. The summed E-state index contributed by atoms with van der Waals surface area (Å²) < 4.78 is 9.94. The molecule has 1 aromatic heterocycles. The number of benzene rings is 1. The molecular weight excluding hydrogens is 258 g/mol. The minimum Gasteiger partial charge on any atom is -0.496 e. The third-order valence-corrected chi connectivity index (χ3v) is 2.99. The van der Waals surface area contributed by atoms with E-state index in [1.54, 1.807) is 36.5 Å². The van der Waals surface area contributed by atoms with E-state index in [0.717, 1.165) is 5.56 Å². The zero-order valence-electron chi connectivity index (χ0n) is 11.3. The predicted molar refractivity (Wildman–Crippen MR) is 74.2 cm³/mol. The molecule has 1 aromatic carbocycles. The molecule has 104 valence electrons. The van der Waals surface area contributed by atoms with Gasteiger partial charge in [-0.15, -0.1) is 0 Å². The van der Waals surface area contributed by atoms with Gasteiger partial charge in [0.25, 0.3) is 5.56 Å². The predicted octanol–water partition coefficient (Wildman–Crippen LogP) is 1.76. The van der Waals surface area contributed by atoms with E-state index < -0.39 is 5.97 Å². The number of aromatic amines is 1. The Labute approximate surface area is 116 Å². The molecule has 0 fully saturated rings. The number of hydrogen-bond acceptors (Lipinski definition) is 4. The van der Waals surface area contributed by atoms with Crippen molar-refractivity contribution in [2.75, 3.05) is 14.2 Å². The molecule has 0 atom stereocenters. The van der Waals surface area contributed by atoms with Crippen LogP contribution >= 0.6 is 0 Å². The molecule has 1 N–H and O–H groups in total. The van der Waals surface area contributed by atoms with Crippen LogP contribution in [0.4, 0.5) is 0 Å². The van der Waals surface area contributed by atoms with Gasteiger partial charge >= 0.3 is 5.97 Å². The van der Waals surface area contributed by atoms with Crippen molar-refractivity contribution >= 4 is 5.97 Å². The Morgan fingerprint density at radius 3 is 2.65 bits per heavy atom. The van der Waals surface area contributed by atoms with Gasteiger partial charge in [-0.25, -0.2) is 4.79 Å². The summed E-state index contributed by atoms with van der Waals surface area (Å²) in [5, 5.41) is 0. The van der Waals surface area contributed by atoms with Crippen molar-refractivity contribution in [3.63, 3.8) is 0 Å². The van der Waals surface area contributed by atoms with Gasteiger partial charge in [-0.2, -0.15) is 0 Å². The van der Waals surface area contributed by atoms with Gasteiger partial charge in [0.15, 0.2) is 0 Å². The van der Waals surface area contributed by atoms with E-state index in [9.17, 15) is 9.59 Å². The number of carbonyl (C=O) groups excluding carboxylic acids is 1. The fourth-order valence-corrected chi connectivity index (χ4v) is 1.94. The molecule has 0 saturated heterocycles. The second-order valence-electron chi connectivity index (χ2n) is 4.22. The van der Waals surface area contributed by atoms with Gasteiger partial charge in [-0.3, -0.25) is 4.79 Å². The maximum Gasteiger partial charge on any atom is 0.337 e. The van der Waals surface area contributed by atoms with Crippen molar-refractivity contribution in [3.8, 4) is 5.75 Å². The number of hydrogen-bond donors (Lipinski definition) is 1. The number of aromatic nitrogens is 1. The highest BCUT2D eigenvalue weighted by atomic mass is 16.5. The van der Waals surface area contributed by atoms with Gasteiger partial charge in [-0.05, 0) is 23.8 Å². The monoisotopic (exact) mass is 273 g/mol. The number of carbonyl (C=O) groups is 1. The largest absolute Gasteiger partial charge is 0.496 e. The van der Waals surface area contributed by atoms with E-state index in [1.807, 2.05) is 0 Å². The Morgan fingerprint density at radius 1 is 1.20 bits per heavy atom. The van der Waals surface area contributed by atoms with Crippen molar-refractivity contribution in [1.29, 1.82) is 0 Å². The van der Waals surface area contributed by atoms with Crippen molar-refractivity contribution in [2.24, 2.45) is 0 Å². The zero-order valence-corrected chi connectivity index (χ0v) is 11.3. The fraction of sp³-hybridized carbons (Fsp3) is 0.200.